The maximum atomic E-state index is 6.18. The summed E-state index contributed by atoms with van der Waals surface area (Å²) in [5, 5.41) is 7.93. The fourth-order valence-electron chi connectivity index (χ4n) is 2.91. The summed E-state index contributed by atoms with van der Waals surface area (Å²) in [5.41, 5.74) is 10.5. The van der Waals surface area contributed by atoms with E-state index in [2.05, 4.69) is 37.1 Å². The molecule has 1 fully saturated rings. The molecule has 3 rings (SSSR count). The molecule has 25 heavy (non-hydrogen) atoms. The molecule has 0 spiro atoms. The molecule has 1 aromatic carbocycles. The van der Waals surface area contributed by atoms with Crippen LogP contribution in [0.2, 0.25) is 5.02 Å². The Kier molecular flexibility index (Phi) is 6.95. The van der Waals surface area contributed by atoms with Crippen molar-refractivity contribution in [2.24, 2.45) is 10.7 Å². The molecule has 1 aliphatic heterocycles. The first-order chi connectivity index (χ1) is 11.5. The van der Waals surface area contributed by atoms with Crippen LogP contribution in [0.3, 0.4) is 0 Å². The van der Waals surface area contributed by atoms with Crippen LogP contribution in [-0.2, 0) is 6.54 Å². The third kappa shape index (κ3) is 4.78. The lowest BCUT2D eigenvalue weighted by Gasteiger charge is -2.36. The summed E-state index contributed by atoms with van der Waals surface area (Å²) in [6, 6.07) is 7.96. The third-order valence-electron chi connectivity index (χ3n) is 4.48. The van der Waals surface area contributed by atoms with Gasteiger partial charge in [0.1, 0.15) is 0 Å². The Bertz CT molecular complexity index is 700. The minimum atomic E-state index is 0. The van der Waals surface area contributed by atoms with E-state index in [0.717, 1.165) is 48.2 Å². The number of benzene rings is 1. The van der Waals surface area contributed by atoms with Gasteiger partial charge < -0.3 is 15.5 Å². The van der Waals surface area contributed by atoms with Crippen molar-refractivity contribution in [1.82, 2.24) is 15.1 Å². The van der Waals surface area contributed by atoms with Gasteiger partial charge in [-0.05, 0) is 38.1 Å². The lowest BCUT2D eigenvalue weighted by molar-refractivity contribution is 0.380. The van der Waals surface area contributed by atoms with Crippen LogP contribution in [0.1, 0.15) is 17.0 Å². The molecule has 0 atom stereocenters. The number of piperazine rings is 1. The molecule has 2 heterocycles. The standard InChI is InChI=1S/C17H23ClN6.HI/c1-12-16(13(2)22-21-12)11-20-17(19)24-9-7-23(8-10-24)15-5-3-14(18)4-6-15;/h3-6H,7-11H2,1-2H3,(H2,19,20)(H,21,22);1H. The molecule has 2 aromatic rings. The molecule has 3 N–H and O–H groups in total. The van der Waals surface area contributed by atoms with Gasteiger partial charge in [-0.25, -0.2) is 4.99 Å². The molecule has 0 radical (unpaired) electrons. The number of nitrogens with one attached hydrogen (secondary N) is 1. The molecule has 0 aliphatic carbocycles. The number of anilines is 1. The average Bonchev–Trinajstić information content (AvgIpc) is 2.92. The summed E-state index contributed by atoms with van der Waals surface area (Å²) in [7, 11) is 0. The van der Waals surface area contributed by atoms with Gasteiger partial charge in [-0.2, -0.15) is 5.10 Å². The van der Waals surface area contributed by atoms with Crippen molar-refractivity contribution >= 4 is 47.2 Å². The van der Waals surface area contributed by atoms with Crippen LogP contribution in [0.15, 0.2) is 29.3 Å². The molecule has 6 nitrogen and oxygen atoms in total. The summed E-state index contributed by atoms with van der Waals surface area (Å²) >= 11 is 5.95. The highest BCUT2D eigenvalue weighted by molar-refractivity contribution is 14.0. The molecule has 0 unspecified atom stereocenters. The zero-order valence-corrected chi connectivity index (χ0v) is 17.6. The van der Waals surface area contributed by atoms with E-state index in [4.69, 9.17) is 17.3 Å². The molecular weight excluding hydrogens is 451 g/mol. The molecule has 0 amide bonds. The number of aromatic nitrogens is 2. The first-order valence-electron chi connectivity index (χ1n) is 8.10. The van der Waals surface area contributed by atoms with E-state index < -0.39 is 0 Å². The van der Waals surface area contributed by atoms with Crippen molar-refractivity contribution in [3.8, 4) is 0 Å². The Balaban J connectivity index is 0.00000225. The van der Waals surface area contributed by atoms with Gasteiger partial charge in [0, 0.05) is 48.1 Å². The number of aryl methyl sites for hydroxylation is 2. The highest BCUT2D eigenvalue weighted by Crippen LogP contribution is 2.19. The maximum absolute atomic E-state index is 6.18. The van der Waals surface area contributed by atoms with Gasteiger partial charge in [0.25, 0.3) is 0 Å². The van der Waals surface area contributed by atoms with Crippen LogP contribution in [0.4, 0.5) is 5.69 Å². The van der Waals surface area contributed by atoms with Crippen molar-refractivity contribution in [3.63, 3.8) is 0 Å². The van der Waals surface area contributed by atoms with E-state index >= 15 is 0 Å². The van der Waals surface area contributed by atoms with Crippen LogP contribution in [0.25, 0.3) is 0 Å². The maximum Gasteiger partial charge on any atom is 0.191 e. The first kappa shape index (κ1) is 19.8. The Morgan fingerprint density at radius 2 is 1.84 bits per heavy atom. The van der Waals surface area contributed by atoms with Crippen LogP contribution < -0.4 is 10.6 Å². The largest absolute Gasteiger partial charge is 0.370 e. The Labute approximate surface area is 170 Å². The number of hydrogen-bond donors (Lipinski definition) is 2. The van der Waals surface area contributed by atoms with Gasteiger partial charge in [-0.3, -0.25) is 5.10 Å². The average molecular weight is 475 g/mol. The number of hydrogen-bond acceptors (Lipinski definition) is 3. The lowest BCUT2D eigenvalue weighted by Crippen LogP contribution is -2.51. The summed E-state index contributed by atoms with van der Waals surface area (Å²) < 4.78 is 0. The monoisotopic (exact) mass is 474 g/mol. The molecule has 8 heteroatoms. The predicted octanol–water partition coefficient (Wildman–Crippen LogP) is 2.93. The van der Waals surface area contributed by atoms with E-state index in [1.807, 2.05) is 26.0 Å². The number of guanidine groups is 1. The van der Waals surface area contributed by atoms with Gasteiger partial charge in [-0.15, -0.1) is 24.0 Å². The van der Waals surface area contributed by atoms with Gasteiger partial charge in [-0.1, -0.05) is 11.6 Å². The fraction of sp³-hybridized carbons (Fsp3) is 0.412. The Morgan fingerprint density at radius 1 is 1.20 bits per heavy atom. The van der Waals surface area contributed by atoms with Gasteiger partial charge in [0.2, 0.25) is 0 Å². The summed E-state index contributed by atoms with van der Waals surface area (Å²) in [4.78, 5) is 9.02. The van der Waals surface area contributed by atoms with E-state index in [9.17, 15) is 0 Å². The summed E-state index contributed by atoms with van der Waals surface area (Å²) in [6.07, 6.45) is 0. The van der Waals surface area contributed by atoms with Crippen LogP contribution in [-0.4, -0.2) is 47.2 Å². The highest BCUT2D eigenvalue weighted by Gasteiger charge is 2.18. The summed E-state index contributed by atoms with van der Waals surface area (Å²) in [5.74, 6) is 0.603. The number of aliphatic imine (C=N–C) groups is 1. The number of halogens is 2. The van der Waals surface area contributed by atoms with Gasteiger partial charge >= 0.3 is 0 Å². The van der Waals surface area contributed by atoms with Crippen molar-refractivity contribution < 1.29 is 0 Å². The number of nitrogens with two attached hydrogens (primary N) is 1. The molecule has 1 aliphatic rings. The second-order valence-electron chi connectivity index (χ2n) is 6.04. The molecule has 0 bridgehead atoms. The van der Waals surface area contributed by atoms with Gasteiger partial charge in [0.05, 0.1) is 12.2 Å². The van der Waals surface area contributed by atoms with Crippen LogP contribution >= 0.6 is 35.6 Å². The van der Waals surface area contributed by atoms with Crippen molar-refractivity contribution in [1.29, 1.82) is 0 Å². The minimum Gasteiger partial charge on any atom is -0.370 e. The predicted molar refractivity (Wildman–Crippen MR) is 114 cm³/mol. The van der Waals surface area contributed by atoms with E-state index in [1.54, 1.807) is 0 Å². The molecule has 1 saturated heterocycles. The zero-order chi connectivity index (χ0) is 17.1. The third-order valence-corrected chi connectivity index (χ3v) is 4.73. The highest BCUT2D eigenvalue weighted by atomic mass is 127. The Hall–Kier alpha value is -1.48. The normalized spacial score (nSPS) is 15.2. The van der Waals surface area contributed by atoms with E-state index in [1.165, 1.54) is 5.69 Å². The second kappa shape index (κ2) is 8.75. The topological polar surface area (TPSA) is 73.5 Å². The Morgan fingerprint density at radius 3 is 2.40 bits per heavy atom. The number of nitrogens with zero attached hydrogens (tertiary/aromatic N) is 4. The number of H-pyrrole nitrogens is 1. The lowest BCUT2D eigenvalue weighted by atomic mass is 10.2. The molecule has 136 valence electrons. The second-order valence-corrected chi connectivity index (χ2v) is 6.47. The summed E-state index contributed by atoms with van der Waals surface area (Å²) in [6.45, 7) is 8.12. The van der Waals surface area contributed by atoms with Crippen LogP contribution in [0, 0.1) is 13.8 Å². The first-order valence-corrected chi connectivity index (χ1v) is 8.48. The minimum absolute atomic E-state index is 0. The molecular formula is C17H24ClIN6. The number of rotatable bonds is 3. The molecule has 0 saturated carbocycles. The van der Waals surface area contributed by atoms with Crippen molar-refractivity contribution in [2.45, 2.75) is 20.4 Å². The van der Waals surface area contributed by atoms with Crippen LogP contribution in [0.5, 0.6) is 0 Å². The smallest absolute Gasteiger partial charge is 0.191 e. The quantitative estimate of drug-likeness (QED) is 0.408. The zero-order valence-electron chi connectivity index (χ0n) is 14.5. The molecule has 1 aromatic heterocycles. The SMILES string of the molecule is Cc1n[nH]c(C)c1CN=C(N)N1CCN(c2ccc(Cl)cc2)CC1.I. The van der Waals surface area contributed by atoms with Gasteiger partial charge in [0.15, 0.2) is 5.96 Å². The van der Waals surface area contributed by atoms with E-state index in [-0.39, 0.29) is 24.0 Å². The van der Waals surface area contributed by atoms with Crippen molar-refractivity contribution in [2.75, 3.05) is 31.1 Å². The fourth-order valence-corrected chi connectivity index (χ4v) is 3.04. The van der Waals surface area contributed by atoms with Crippen molar-refractivity contribution in [3.05, 3.63) is 46.2 Å². The number of aromatic amines is 1. The van der Waals surface area contributed by atoms with E-state index in [0.29, 0.717) is 12.5 Å².